The molecule has 3 aliphatic rings. The van der Waals surface area contributed by atoms with Gasteiger partial charge in [0.1, 0.15) is 18.3 Å². The highest BCUT2D eigenvalue weighted by Crippen LogP contribution is 2.49. The van der Waals surface area contributed by atoms with Gasteiger partial charge in [0, 0.05) is 5.92 Å². The van der Waals surface area contributed by atoms with Crippen LogP contribution in [0.3, 0.4) is 0 Å². The molecule has 2 aliphatic heterocycles. The zero-order valence-corrected chi connectivity index (χ0v) is 11.7. The normalized spacial score (nSPS) is 37.8. The van der Waals surface area contributed by atoms with E-state index >= 15 is 0 Å². The van der Waals surface area contributed by atoms with Crippen LogP contribution in [-0.2, 0) is 0 Å². The summed E-state index contributed by atoms with van der Waals surface area (Å²) in [7, 11) is 0. The molecule has 1 fully saturated rings. The van der Waals surface area contributed by atoms with Crippen molar-refractivity contribution in [2.75, 3.05) is 6.79 Å². The summed E-state index contributed by atoms with van der Waals surface area (Å²) in [4.78, 5) is 12.3. The molecule has 1 aliphatic carbocycles. The van der Waals surface area contributed by atoms with Crippen molar-refractivity contribution < 1.29 is 39.8 Å². The Labute approximate surface area is 129 Å². The average molecular weight is 325 g/mol. The summed E-state index contributed by atoms with van der Waals surface area (Å²) in [6.45, 7) is -0.117. The van der Waals surface area contributed by atoms with Crippen LogP contribution in [0.1, 0.15) is 21.8 Å². The molecule has 1 aromatic rings. The summed E-state index contributed by atoms with van der Waals surface area (Å²) in [6, 6.07) is 0.428. The van der Waals surface area contributed by atoms with Crippen LogP contribution < -0.4 is 14.8 Å². The summed E-state index contributed by atoms with van der Waals surface area (Å²) in [6.07, 6.45) is -6.11. The van der Waals surface area contributed by atoms with Crippen LogP contribution in [0.25, 0.3) is 0 Å². The van der Waals surface area contributed by atoms with Gasteiger partial charge >= 0.3 is 0 Å². The average Bonchev–Trinajstić information content (AvgIpc) is 2.99. The van der Waals surface area contributed by atoms with E-state index in [0.717, 1.165) is 0 Å². The molecule has 6 atom stereocenters. The van der Waals surface area contributed by atoms with E-state index in [1.165, 1.54) is 6.07 Å². The molecule has 4 rings (SSSR count). The number of hydrogen-bond acceptors (Lipinski definition) is 8. The lowest BCUT2D eigenvalue weighted by Crippen LogP contribution is -2.66. The lowest BCUT2D eigenvalue weighted by molar-refractivity contribution is -0.155. The first kappa shape index (κ1) is 14.5. The Morgan fingerprint density at radius 2 is 1.74 bits per heavy atom. The first-order valence-electron chi connectivity index (χ1n) is 7.10. The molecule has 2 heterocycles. The van der Waals surface area contributed by atoms with E-state index < -0.39 is 48.0 Å². The molecule has 9 heteroatoms. The number of carbonyl (C=O) groups excluding carboxylic acids is 1. The molecule has 0 spiro atoms. The minimum atomic E-state index is -1.60. The van der Waals surface area contributed by atoms with E-state index in [1.807, 2.05) is 0 Å². The summed E-state index contributed by atoms with van der Waals surface area (Å²) in [5.74, 6) is -1.78. The van der Waals surface area contributed by atoms with Gasteiger partial charge in [-0.2, -0.15) is 0 Å². The Balaban J connectivity index is 1.91. The highest BCUT2D eigenvalue weighted by Gasteiger charge is 2.53. The molecule has 0 bridgehead atoms. The van der Waals surface area contributed by atoms with Crippen LogP contribution in [0.15, 0.2) is 6.07 Å². The smallest absolute Gasteiger partial charge is 0.255 e. The maximum atomic E-state index is 12.3. The van der Waals surface area contributed by atoms with Gasteiger partial charge < -0.3 is 40.3 Å². The van der Waals surface area contributed by atoms with Crippen molar-refractivity contribution in [3.8, 4) is 17.2 Å². The van der Waals surface area contributed by atoms with Crippen LogP contribution >= 0.6 is 0 Å². The Bertz CT molecular complexity index is 692. The van der Waals surface area contributed by atoms with Gasteiger partial charge in [-0.3, -0.25) is 4.79 Å². The van der Waals surface area contributed by atoms with E-state index in [0.29, 0.717) is 0 Å². The Morgan fingerprint density at radius 1 is 1.04 bits per heavy atom. The standard InChI is InChI=1S/C14H15NO8/c16-8-5-3-1-4-13(23-2-22-4)9(17)6(3)14(21)15-7(5)10(18)12(20)11(8)19/h1,5,7-8,10-12,16-20H,2H2,(H,15,21)/t5-,7-,8+,10-,11+,12-/m1/s1. The molecule has 9 nitrogen and oxygen atoms in total. The number of carbonyl (C=O) groups is 1. The van der Waals surface area contributed by atoms with Crippen molar-refractivity contribution in [2.45, 2.75) is 36.4 Å². The number of aromatic hydroxyl groups is 1. The van der Waals surface area contributed by atoms with Crippen molar-refractivity contribution in [2.24, 2.45) is 0 Å². The molecular weight excluding hydrogens is 310 g/mol. The van der Waals surface area contributed by atoms with Crippen molar-refractivity contribution in [3.05, 3.63) is 17.2 Å². The van der Waals surface area contributed by atoms with Crippen molar-refractivity contribution in [3.63, 3.8) is 0 Å². The number of amides is 1. The van der Waals surface area contributed by atoms with Gasteiger partial charge in [-0.15, -0.1) is 0 Å². The van der Waals surface area contributed by atoms with Crippen molar-refractivity contribution >= 4 is 5.91 Å². The maximum Gasteiger partial charge on any atom is 0.255 e. The molecule has 0 aromatic heterocycles. The van der Waals surface area contributed by atoms with Gasteiger partial charge in [0.25, 0.3) is 5.91 Å². The lowest BCUT2D eigenvalue weighted by atomic mass is 9.70. The molecule has 0 unspecified atom stereocenters. The predicted octanol–water partition coefficient (Wildman–Crippen LogP) is -2.23. The summed E-state index contributed by atoms with van der Waals surface area (Å²) in [5, 5.41) is 52.9. The quantitative estimate of drug-likeness (QED) is 0.314. The Morgan fingerprint density at radius 3 is 2.48 bits per heavy atom. The van der Waals surface area contributed by atoms with Gasteiger partial charge in [-0.25, -0.2) is 0 Å². The fourth-order valence-electron chi connectivity index (χ4n) is 3.58. The first-order valence-corrected chi connectivity index (χ1v) is 7.10. The molecule has 1 amide bonds. The Kier molecular flexibility index (Phi) is 2.97. The Hall–Kier alpha value is -2.07. The number of aliphatic hydroxyl groups excluding tert-OH is 4. The van der Waals surface area contributed by atoms with E-state index in [4.69, 9.17) is 9.47 Å². The van der Waals surface area contributed by atoms with E-state index in [-0.39, 0.29) is 29.4 Å². The van der Waals surface area contributed by atoms with Crippen LogP contribution in [0.4, 0.5) is 0 Å². The first-order chi connectivity index (χ1) is 10.9. The zero-order valence-electron chi connectivity index (χ0n) is 11.7. The van der Waals surface area contributed by atoms with Gasteiger partial charge in [-0.05, 0) is 11.6 Å². The number of fused-ring (bicyclic) bond motifs is 4. The fraction of sp³-hybridized carbons (Fsp3) is 0.500. The molecule has 23 heavy (non-hydrogen) atoms. The topological polar surface area (TPSA) is 149 Å². The zero-order chi connectivity index (χ0) is 16.5. The minimum absolute atomic E-state index is 0.0313. The minimum Gasteiger partial charge on any atom is -0.504 e. The third-order valence-electron chi connectivity index (χ3n) is 4.73. The van der Waals surface area contributed by atoms with Gasteiger partial charge in [0.05, 0.1) is 17.7 Å². The largest absolute Gasteiger partial charge is 0.504 e. The van der Waals surface area contributed by atoms with Crippen molar-refractivity contribution in [1.82, 2.24) is 5.32 Å². The number of nitrogens with one attached hydrogen (secondary N) is 1. The van der Waals surface area contributed by atoms with Crippen LogP contribution in [0, 0.1) is 0 Å². The van der Waals surface area contributed by atoms with Gasteiger partial charge in [-0.1, -0.05) is 0 Å². The molecule has 6 N–H and O–H groups in total. The van der Waals surface area contributed by atoms with Crippen molar-refractivity contribution in [1.29, 1.82) is 0 Å². The number of phenols is 1. The molecule has 0 saturated heterocycles. The van der Waals surface area contributed by atoms with Crippen LogP contribution in [0.2, 0.25) is 0 Å². The van der Waals surface area contributed by atoms with Crippen LogP contribution in [-0.4, -0.2) is 68.7 Å². The SMILES string of the molecule is O=C1N[C@H]2[C@@H](O)[C@@H](O)[C@@H](O)[C@@H](O)[C@@H]2c2cc3c(c(O)c21)OCO3. The third kappa shape index (κ3) is 1.78. The molecule has 0 radical (unpaired) electrons. The van der Waals surface area contributed by atoms with E-state index in [1.54, 1.807) is 0 Å². The lowest BCUT2D eigenvalue weighted by Gasteiger charge is -2.47. The summed E-state index contributed by atoms with van der Waals surface area (Å²) in [5.41, 5.74) is 0.114. The van der Waals surface area contributed by atoms with E-state index in [9.17, 15) is 30.3 Å². The maximum absolute atomic E-state index is 12.3. The number of aliphatic hydroxyl groups is 4. The van der Waals surface area contributed by atoms with Gasteiger partial charge in [0.2, 0.25) is 12.5 Å². The van der Waals surface area contributed by atoms with E-state index in [2.05, 4.69) is 5.32 Å². The fourth-order valence-corrected chi connectivity index (χ4v) is 3.58. The molecule has 1 saturated carbocycles. The monoisotopic (exact) mass is 325 g/mol. The van der Waals surface area contributed by atoms with Crippen LogP contribution in [0.5, 0.6) is 17.2 Å². The summed E-state index contributed by atoms with van der Waals surface area (Å²) >= 11 is 0. The molecular formula is C14H15NO8. The number of benzene rings is 1. The number of hydrogen-bond donors (Lipinski definition) is 6. The highest BCUT2D eigenvalue weighted by atomic mass is 16.7. The number of phenolic OH excluding ortho intramolecular Hbond substituents is 1. The summed E-state index contributed by atoms with van der Waals surface area (Å²) < 4.78 is 10.3. The second kappa shape index (κ2) is 4.71. The number of rotatable bonds is 0. The highest BCUT2D eigenvalue weighted by molar-refractivity contribution is 6.01. The molecule has 124 valence electrons. The molecule has 1 aromatic carbocycles. The third-order valence-corrected chi connectivity index (χ3v) is 4.73. The predicted molar refractivity (Wildman–Crippen MR) is 72.3 cm³/mol. The second-order valence-electron chi connectivity index (χ2n) is 5.91. The van der Waals surface area contributed by atoms with Gasteiger partial charge in [0.15, 0.2) is 11.5 Å². The number of ether oxygens (including phenoxy) is 2. The second-order valence-corrected chi connectivity index (χ2v) is 5.91.